The molecule has 0 amide bonds. The van der Waals surface area contributed by atoms with Crippen LogP contribution in [0.4, 0.5) is 0 Å². The van der Waals surface area contributed by atoms with E-state index in [4.69, 9.17) is 4.74 Å². The van der Waals surface area contributed by atoms with Crippen LogP contribution in [0.15, 0.2) is 18.2 Å². The van der Waals surface area contributed by atoms with Crippen LogP contribution < -0.4 is 0 Å². The van der Waals surface area contributed by atoms with E-state index in [1.807, 2.05) is 39.0 Å². The summed E-state index contributed by atoms with van der Waals surface area (Å²) in [5.41, 5.74) is 1.74. The van der Waals surface area contributed by atoms with E-state index in [-0.39, 0.29) is 5.97 Å². The van der Waals surface area contributed by atoms with Crippen LogP contribution in [-0.2, 0) is 15.1 Å². The van der Waals surface area contributed by atoms with Crippen LogP contribution in [0.5, 0.6) is 0 Å². The van der Waals surface area contributed by atoms with E-state index < -0.39 is 11.5 Å². The monoisotopic (exact) mass is 278 g/mol. The van der Waals surface area contributed by atoms with Gasteiger partial charge in [-0.15, -0.1) is 0 Å². The van der Waals surface area contributed by atoms with Crippen molar-refractivity contribution in [2.75, 3.05) is 6.61 Å². The van der Waals surface area contributed by atoms with Gasteiger partial charge in [0.15, 0.2) is 0 Å². The number of rotatable bonds is 6. The van der Waals surface area contributed by atoms with E-state index in [0.29, 0.717) is 13.0 Å². The van der Waals surface area contributed by atoms with E-state index in [0.717, 1.165) is 23.1 Å². The van der Waals surface area contributed by atoms with Crippen molar-refractivity contribution in [2.45, 2.75) is 53.1 Å². The van der Waals surface area contributed by atoms with Gasteiger partial charge < -0.3 is 9.84 Å². The summed E-state index contributed by atoms with van der Waals surface area (Å²) in [7, 11) is 0. The van der Waals surface area contributed by atoms with Gasteiger partial charge in [0.2, 0.25) is 0 Å². The van der Waals surface area contributed by atoms with Gasteiger partial charge in [-0.25, -0.2) is 0 Å². The van der Waals surface area contributed by atoms with Gasteiger partial charge in [-0.1, -0.05) is 37.1 Å². The van der Waals surface area contributed by atoms with Gasteiger partial charge in [0, 0.05) is 0 Å². The molecule has 1 aromatic rings. The molecule has 2 unspecified atom stereocenters. The zero-order valence-electron chi connectivity index (χ0n) is 13.2. The van der Waals surface area contributed by atoms with E-state index in [1.54, 1.807) is 13.8 Å². The number of benzene rings is 1. The first-order chi connectivity index (χ1) is 9.34. The Bertz CT molecular complexity index is 463. The molecule has 3 heteroatoms. The summed E-state index contributed by atoms with van der Waals surface area (Å²) in [5, 5.41) is 10.9. The minimum Gasteiger partial charge on any atom is -0.466 e. The molecule has 0 aliphatic carbocycles. The lowest BCUT2D eigenvalue weighted by Gasteiger charge is -2.33. The van der Waals surface area contributed by atoms with Crippen molar-refractivity contribution >= 4 is 5.97 Å². The lowest BCUT2D eigenvalue weighted by molar-refractivity contribution is -0.158. The number of aliphatic hydroxyl groups is 1. The predicted octanol–water partition coefficient (Wildman–Crippen LogP) is 3.49. The highest BCUT2D eigenvalue weighted by Gasteiger charge is 2.40. The molecule has 1 aromatic carbocycles. The number of esters is 1. The number of carbonyl (C=O) groups excluding carboxylic acids is 1. The smallest absolute Gasteiger partial charge is 0.312 e. The Balaban J connectivity index is 3.17. The highest BCUT2D eigenvalue weighted by atomic mass is 16.5. The second-order valence-electron chi connectivity index (χ2n) is 5.56. The third kappa shape index (κ3) is 3.60. The Kier molecular flexibility index (Phi) is 5.75. The lowest BCUT2D eigenvalue weighted by atomic mass is 9.78. The molecule has 0 heterocycles. The van der Waals surface area contributed by atoms with Crippen LogP contribution >= 0.6 is 0 Å². The van der Waals surface area contributed by atoms with Crippen molar-refractivity contribution in [3.8, 4) is 0 Å². The summed E-state index contributed by atoms with van der Waals surface area (Å²) in [6, 6.07) is 5.90. The average molecular weight is 278 g/mol. The number of ether oxygens (including phenoxy) is 1. The number of aryl methyl sites for hydroxylation is 2. The van der Waals surface area contributed by atoms with Gasteiger partial charge in [0.25, 0.3) is 0 Å². The Morgan fingerprint density at radius 2 is 2.00 bits per heavy atom. The molecular weight excluding hydrogens is 252 g/mol. The molecule has 0 bridgehead atoms. The predicted molar refractivity (Wildman–Crippen MR) is 80.5 cm³/mol. The molecule has 20 heavy (non-hydrogen) atoms. The summed E-state index contributed by atoms with van der Waals surface area (Å²) in [4.78, 5) is 12.1. The second kappa shape index (κ2) is 6.89. The van der Waals surface area contributed by atoms with Crippen LogP contribution in [0.1, 0.15) is 50.3 Å². The quantitative estimate of drug-likeness (QED) is 0.810. The first kappa shape index (κ1) is 16.7. The molecular formula is C17H26O3. The van der Waals surface area contributed by atoms with Gasteiger partial charge in [-0.2, -0.15) is 0 Å². The second-order valence-corrected chi connectivity index (χ2v) is 5.56. The Hall–Kier alpha value is -1.35. The first-order valence-electron chi connectivity index (χ1n) is 7.31. The standard InChI is InChI=1S/C17H26O3/c1-6-8-15(16(18)20-7-2)17(5,19)14-10-9-12(3)11-13(14)4/h9-11,15,19H,6-8H2,1-5H3. The van der Waals surface area contributed by atoms with Crippen molar-refractivity contribution in [3.63, 3.8) is 0 Å². The van der Waals surface area contributed by atoms with E-state index in [2.05, 4.69) is 0 Å². The molecule has 0 aliphatic rings. The zero-order valence-corrected chi connectivity index (χ0v) is 13.2. The molecule has 1 N–H and O–H groups in total. The molecule has 0 saturated heterocycles. The van der Waals surface area contributed by atoms with Crippen molar-refractivity contribution in [1.29, 1.82) is 0 Å². The van der Waals surface area contributed by atoms with E-state index in [1.165, 1.54) is 0 Å². The molecule has 112 valence electrons. The van der Waals surface area contributed by atoms with Crippen LogP contribution in [0.25, 0.3) is 0 Å². The highest BCUT2D eigenvalue weighted by molar-refractivity contribution is 5.74. The summed E-state index contributed by atoms with van der Waals surface area (Å²) < 4.78 is 5.13. The van der Waals surface area contributed by atoms with Crippen LogP contribution in [0.2, 0.25) is 0 Å². The average Bonchev–Trinajstić information content (AvgIpc) is 2.35. The number of hydrogen-bond donors (Lipinski definition) is 1. The Labute approximate surface area is 122 Å². The molecule has 0 fully saturated rings. The Morgan fingerprint density at radius 3 is 2.50 bits per heavy atom. The minimum atomic E-state index is -1.21. The fourth-order valence-electron chi connectivity index (χ4n) is 2.73. The van der Waals surface area contributed by atoms with Gasteiger partial charge >= 0.3 is 5.97 Å². The maximum Gasteiger partial charge on any atom is 0.312 e. The number of carbonyl (C=O) groups is 1. The fourth-order valence-corrected chi connectivity index (χ4v) is 2.73. The summed E-state index contributed by atoms with van der Waals surface area (Å²) in [5.74, 6) is -0.854. The number of hydrogen-bond acceptors (Lipinski definition) is 3. The van der Waals surface area contributed by atoms with Gasteiger partial charge in [-0.05, 0) is 45.2 Å². The molecule has 0 radical (unpaired) electrons. The SMILES string of the molecule is CCCC(C(=O)OCC)C(C)(O)c1ccc(C)cc1C. The van der Waals surface area contributed by atoms with Gasteiger partial charge in [0.1, 0.15) is 5.60 Å². The molecule has 0 aromatic heterocycles. The lowest BCUT2D eigenvalue weighted by Crippen LogP contribution is -2.39. The third-order valence-corrected chi connectivity index (χ3v) is 3.75. The van der Waals surface area contributed by atoms with Gasteiger partial charge in [0.05, 0.1) is 12.5 Å². The third-order valence-electron chi connectivity index (χ3n) is 3.75. The van der Waals surface area contributed by atoms with Crippen LogP contribution in [0, 0.1) is 19.8 Å². The van der Waals surface area contributed by atoms with Crippen LogP contribution in [0.3, 0.4) is 0 Å². The van der Waals surface area contributed by atoms with Crippen molar-refractivity contribution in [3.05, 3.63) is 34.9 Å². The van der Waals surface area contributed by atoms with Crippen molar-refractivity contribution in [2.24, 2.45) is 5.92 Å². The molecule has 2 atom stereocenters. The maximum atomic E-state index is 12.1. The zero-order chi connectivity index (χ0) is 15.3. The summed E-state index contributed by atoms with van der Waals surface area (Å²) in [6.07, 6.45) is 1.43. The topological polar surface area (TPSA) is 46.5 Å². The largest absolute Gasteiger partial charge is 0.466 e. The molecule has 0 aliphatic heterocycles. The fraction of sp³-hybridized carbons (Fsp3) is 0.588. The Morgan fingerprint density at radius 1 is 1.35 bits per heavy atom. The van der Waals surface area contributed by atoms with E-state index in [9.17, 15) is 9.90 Å². The van der Waals surface area contributed by atoms with Crippen molar-refractivity contribution < 1.29 is 14.6 Å². The van der Waals surface area contributed by atoms with Crippen molar-refractivity contribution in [1.82, 2.24) is 0 Å². The molecule has 1 rings (SSSR count). The maximum absolute atomic E-state index is 12.1. The molecule has 0 saturated carbocycles. The first-order valence-corrected chi connectivity index (χ1v) is 7.31. The molecule has 0 spiro atoms. The molecule has 3 nitrogen and oxygen atoms in total. The van der Waals surface area contributed by atoms with Gasteiger partial charge in [-0.3, -0.25) is 4.79 Å². The highest BCUT2D eigenvalue weighted by Crippen LogP contribution is 2.35. The van der Waals surface area contributed by atoms with Crippen LogP contribution in [-0.4, -0.2) is 17.7 Å². The summed E-state index contributed by atoms with van der Waals surface area (Å²) >= 11 is 0. The normalized spacial score (nSPS) is 15.5. The van der Waals surface area contributed by atoms with E-state index >= 15 is 0 Å². The summed E-state index contributed by atoms with van der Waals surface area (Å²) in [6.45, 7) is 9.81. The minimum absolute atomic E-state index is 0.320.